The predicted molar refractivity (Wildman–Crippen MR) is 127 cm³/mol. The van der Waals surface area contributed by atoms with Gasteiger partial charge in [0.15, 0.2) is 0 Å². The highest BCUT2D eigenvalue weighted by atomic mass is 16.5. The number of carbonyl (C=O) groups excluding carboxylic acids is 2. The zero-order valence-electron chi connectivity index (χ0n) is 18.6. The average Bonchev–Trinajstić information content (AvgIpc) is 3.09. The number of amides is 2. The van der Waals surface area contributed by atoms with Gasteiger partial charge in [0.2, 0.25) is 0 Å². The highest BCUT2D eigenvalue weighted by Gasteiger charge is 2.41. The van der Waals surface area contributed by atoms with Crippen LogP contribution in [0, 0.1) is 0 Å². The molecule has 33 heavy (non-hydrogen) atoms. The maximum absolute atomic E-state index is 13.6. The number of nitrogens with zero attached hydrogens (tertiary/aromatic N) is 1. The number of para-hydroxylation sites is 1. The molecule has 7 nitrogen and oxygen atoms in total. The molecule has 0 saturated heterocycles. The molecule has 3 aromatic rings. The molecule has 1 N–H and O–H groups in total. The van der Waals surface area contributed by atoms with Crippen molar-refractivity contribution in [2.45, 2.75) is 6.92 Å². The SMILES string of the molecule is CCOc1ccc(NC2=C(c3ccccc3OC)C(=O)N(c3ccc(OC)cc3)C2=O)cc1. The lowest BCUT2D eigenvalue weighted by Crippen LogP contribution is -2.32. The van der Waals surface area contributed by atoms with Crippen molar-refractivity contribution in [1.29, 1.82) is 0 Å². The molecule has 0 aliphatic carbocycles. The summed E-state index contributed by atoms with van der Waals surface area (Å²) in [5.74, 6) is 0.943. The Morgan fingerprint density at radius 1 is 0.788 bits per heavy atom. The Morgan fingerprint density at radius 2 is 1.45 bits per heavy atom. The number of benzene rings is 3. The monoisotopic (exact) mass is 444 g/mol. The highest BCUT2D eigenvalue weighted by molar-refractivity contribution is 6.46. The number of imide groups is 1. The van der Waals surface area contributed by atoms with Gasteiger partial charge in [-0.15, -0.1) is 0 Å². The number of carbonyl (C=O) groups is 2. The number of ether oxygens (including phenoxy) is 3. The second kappa shape index (κ2) is 9.48. The van der Waals surface area contributed by atoms with Crippen LogP contribution >= 0.6 is 0 Å². The van der Waals surface area contributed by atoms with Gasteiger partial charge in [-0.2, -0.15) is 0 Å². The summed E-state index contributed by atoms with van der Waals surface area (Å²) < 4.78 is 16.2. The van der Waals surface area contributed by atoms with Crippen LogP contribution in [0.3, 0.4) is 0 Å². The molecule has 2 amide bonds. The van der Waals surface area contributed by atoms with Crippen LogP contribution in [-0.4, -0.2) is 32.6 Å². The minimum absolute atomic E-state index is 0.171. The summed E-state index contributed by atoms with van der Waals surface area (Å²) in [6, 6.07) is 21.1. The van der Waals surface area contributed by atoms with Crippen molar-refractivity contribution in [3.63, 3.8) is 0 Å². The summed E-state index contributed by atoms with van der Waals surface area (Å²) in [7, 11) is 3.09. The van der Waals surface area contributed by atoms with E-state index in [2.05, 4.69) is 5.32 Å². The van der Waals surface area contributed by atoms with Gasteiger partial charge >= 0.3 is 0 Å². The lowest BCUT2D eigenvalue weighted by Gasteiger charge is -2.16. The average molecular weight is 444 g/mol. The third-order valence-corrected chi connectivity index (χ3v) is 5.23. The largest absolute Gasteiger partial charge is 0.497 e. The first kappa shape index (κ1) is 22.0. The topological polar surface area (TPSA) is 77.1 Å². The standard InChI is InChI=1S/C26H24N2O5/c1-4-33-20-13-9-17(10-14-20)27-24-23(21-7-5-6-8-22(21)32-3)25(29)28(26(24)30)18-11-15-19(31-2)16-12-18/h5-16,27H,4H2,1-3H3. The molecule has 7 heteroatoms. The number of rotatable bonds is 8. The summed E-state index contributed by atoms with van der Waals surface area (Å²) in [6.45, 7) is 2.47. The molecule has 0 spiro atoms. The lowest BCUT2D eigenvalue weighted by atomic mass is 10.0. The van der Waals surface area contributed by atoms with Crippen molar-refractivity contribution in [2.75, 3.05) is 31.0 Å². The zero-order chi connectivity index (χ0) is 23.4. The minimum Gasteiger partial charge on any atom is -0.497 e. The van der Waals surface area contributed by atoms with Crippen LogP contribution in [-0.2, 0) is 9.59 Å². The quantitative estimate of drug-likeness (QED) is 0.516. The maximum Gasteiger partial charge on any atom is 0.282 e. The fourth-order valence-corrected chi connectivity index (χ4v) is 3.66. The van der Waals surface area contributed by atoms with E-state index >= 15 is 0 Å². The second-order valence-corrected chi connectivity index (χ2v) is 7.18. The van der Waals surface area contributed by atoms with Gasteiger partial charge in [0.25, 0.3) is 11.8 Å². The molecule has 0 fully saturated rings. The Hall–Kier alpha value is -4.26. The molecular weight excluding hydrogens is 420 g/mol. The summed E-state index contributed by atoms with van der Waals surface area (Å²) >= 11 is 0. The van der Waals surface area contributed by atoms with E-state index in [0.717, 1.165) is 10.6 Å². The van der Waals surface area contributed by atoms with E-state index in [4.69, 9.17) is 14.2 Å². The normalized spacial score (nSPS) is 13.4. The molecule has 0 atom stereocenters. The van der Waals surface area contributed by atoms with Crippen molar-refractivity contribution in [2.24, 2.45) is 0 Å². The number of methoxy groups -OCH3 is 2. The predicted octanol–water partition coefficient (Wildman–Crippen LogP) is 4.50. The van der Waals surface area contributed by atoms with E-state index in [1.165, 1.54) is 7.11 Å². The van der Waals surface area contributed by atoms with Gasteiger partial charge in [-0.3, -0.25) is 9.59 Å². The third kappa shape index (κ3) is 4.25. The van der Waals surface area contributed by atoms with Crippen LogP contribution in [0.15, 0.2) is 78.5 Å². The first-order chi connectivity index (χ1) is 16.1. The summed E-state index contributed by atoms with van der Waals surface area (Å²) in [4.78, 5) is 28.2. The van der Waals surface area contributed by atoms with Crippen LogP contribution in [0.4, 0.5) is 11.4 Å². The Balaban J connectivity index is 1.78. The fourth-order valence-electron chi connectivity index (χ4n) is 3.66. The second-order valence-electron chi connectivity index (χ2n) is 7.18. The molecule has 0 unspecified atom stereocenters. The molecule has 4 rings (SSSR count). The molecular formula is C26H24N2O5. The molecule has 1 aliphatic rings. The van der Waals surface area contributed by atoms with Gasteiger partial charge in [-0.25, -0.2) is 4.90 Å². The van der Waals surface area contributed by atoms with E-state index in [1.54, 1.807) is 73.8 Å². The number of anilines is 2. The van der Waals surface area contributed by atoms with Crippen molar-refractivity contribution in [3.8, 4) is 17.2 Å². The van der Waals surface area contributed by atoms with Gasteiger partial charge in [-0.1, -0.05) is 18.2 Å². The van der Waals surface area contributed by atoms with Crippen LogP contribution in [0.25, 0.3) is 5.57 Å². The third-order valence-electron chi connectivity index (χ3n) is 5.23. The Bertz CT molecular complexity index is 1200. The molecule has 3 aromatic carbocycles. The van der Waals surface area contributed by atoms with Crippen LogP contribution in [0.1, 0.15) is 12.5 Å². The van der Waals surface area contributed by atoms with E-state index < -0.39 is 11.8 Å². The Morgan fingerprint density at radius 3 is 2.09 bits per heavy atom. The Labute approximate surface area is 192 Å². The van der Waals surface area contributed by atoms with E-state index in [0.29, 0.717) is 35.0 Å². The van der Waals surface area contributed by atoms with Gasteiger partial charge in [0.05, 0.1) is 32.1 Å². The van der Waals surface area contributed by atoms with Crippen LogP contribution in [0.5, 0.6) is 17.2 Å². The molecule has 0 bridgehead atoms. The summed E-state index contributed by atoms with van der Waals surface area (Å²) in [5, 5.41) is 3.14. The van der Waals surface area contributed by atoms with Gasteiger partial charge in [0.1, 0.15) is 22.9 Å². The van der Waals surface area contributed by atoms with Crippen molar-refractivity contribution in [3.05, 3.63) is 84.1 Å². The van der Waals surface area contributed by atoms with Crippen LogP contribution < -0.4 is 24.4 Å². The first-order valence-corrected chi connectivity index (χ1v) is 10.5. The highest BCUT2D eigenvalue weighted by Crippen LogP contribution is 2.37. The zero-order valence-corrected chi connectivity index (χ0v) is 18.6. The molecule has 0 saturated carbocycles. The van der Waals surface area contributed by atoms with Crippen molar-refractivity contribution >= 4 is 28.8 Å². The van der Waals surface area contributed by atoms with E-state index in [9.17, 15) is 9.59 Å². The lowest BCUT2D eigenvalue weighted by molar-refractivity contribution is -0.120. The summed E-state index contributed by atoms with van der Waals surface area (Å²) in [5.41, 5.74) is 2.04. The molecule has 1 aliphatic heterocycles. The van der Waals surface area contributed by atoms with Gasteiger partial charge < -0.3 is 19.5 Å². The van der Waals surface area contributed by atoms with Gasteiger partial charge in [0, 0.05) is 11.3 Å². The van der Waals surface area contributed by atoms with Gasteiger partial charge in [-0.05, 0) is 61.5 Å². The number of hydrogen-bond acceptors (Lipinski definition) is 6. The smallest absolute Gasteiger partial charge is 0.282 e. The first-order valence-electron chi connectivity index (χ1n) is 10.5. The minimum atomic E-state index is -0.458. The molecule has 168 valence electrons. The Kier molecular flexibility index (Phi) is 6.31. The van der Waals surface area contributed by atoms with E-state index in [-0.39, 0.29) is 11.3 Å². The van der Waals surface area contributed by atoms with Crippen molar-refractivity contribution < 1.29 is 23.8 Å². The molecule has 0 radical (unpaired) electrons. The summed E-state index contributed by atoms with van der Waals surface area (Å²) in [6.07, 6.45) is 0. The van der Waals surface area contributed by atoms with E-state index in [1.807, 2.05) is 13.0 Å². The fraction of sp³-hybridized carbons (Fsp3) is 0.154. The number of nitrogens with one attached hydrogen (secondary N) is 1. The molecule has 1 heterocycles. The van der Waals surface area contributed by atoms with Crippen LogP contribution in [0.2, 0.25) is 0 Å². The molecule has 0 aromatic heterocycles. The maximum atomic E-state index is 13.6. The van der Waals surface area contributed by atoms with Crippen molar-refractivity contribution in [1.82, 2.24) is 0 Å². The number of hydrogen-bond donors (Lipinski definition) is 1.